The molecule has 6 nitrogen and oxygen atoms in total. The zero-order valence-electron chi connectivity index (χ0n) is 21.0. The highest BCUT2D eigenvalue weighted by molar-refractivity contribution is 6.04. The molecule has 1 aromatic heterocycles. The molecule has 2 amide bonds. The highest BCUT2D eigenvalue weighted by atomic mass is 19.4. The fourth-order valence-corrected chi connectivity index (χ4v) is 4.37. The van der Waals surface area contributed by atoms with Crippen molar-refractivity contribution in [3.05, 3.63) is 65.0 Å². The predicted octanol–water partition coefficient (Wildman–Crippen LogP) is 5.37. The third-order valence-corrected chi connectivity index (χ3v) is 6.72. The van der Waals surface area contributed by atoms with E-state index in [0.717, 1.165) is 30.5 Å². The normalized spacial score (nSPS) is 20.0. The van der Waals surface area contributed by atoms with Crippen LogP contribution in [0.3, 0.4) is 0 Å². The van der Waals surface area contributed by atoms with E-state index in [9.17, 15) is 35.9 Å². The topological polar surface area (TPSA) is 80.3 Å². The number of ether oxygens (including phenoxy) is 1. The number of hydrogen-bond donors (Lipinski definition) is 2. The SMILES string of the molecule is Cc1ccc(C2=C(CNC(=O)C3CC3)C(=O)N[C@@](c3ccc(OCCCC(F)(F)F)cc3)(C(F)(F)F)C2)nc1. The summed E-state index contributed by atoms with van der Waals surface area (Å²) in [6.07, 6.45) is -8.36. The van der Waals surface area contributed by atoms with Gasteiger partial charge in [-0.15, -0.1) is 0 Å². The van der Waals surface area contributed by atoms with Crippen molar-refractivity contribution in [1.29, 1.82) is 0 Å². The zero-order chi connectivity index (χ0) is 28.4. The van der Waals surface area contributed by atoms with Crippen LogP contribution in [-0.2, 0) is 15.1 Å². The first-order valence-electron chi connectivity index (χ1n) is 12.4. The van der Waals surface area contributed by atoms with Gasteiger partial charge in [-0.3, -0.25) is 14.6 Å². The molecule has 0 spiro atoms. The zero-order valence-corrected chi connectivity index (χ0v) is 21.0. The van der Waals surface area contributed by atoms with Crippen LogP contribution in [-0.4, -0.2) is 42.3 Å². The second-order valence-corrected chi connectivity index (χ2v) is 9.80. The molecule has 2 aromatic rings. The molecule has 0 saturated heterocycles. The lowest BCUT2D eigenvalue weighted by Gasteiger charge is -2.41. The Morgan fingerprint density at radius 3 is 2.36 bits per heavy atom. The molecule has 2 aliphatic rings. The van der Waals surface area contributed by atoms with Gasteiger partial charge in [0.25, 0.3) is 0 Å². The Labute approximate surface area is 220 Å². The van der Waals surface area contributed by atoms with Crippen LogP contribution in [0.25, 0.3) is 5.57 Å². The van der Waals surface area contributed by atoms with Crippen molar-refractivity contribution in [2.45, 2.75) is 56.9 Å². The van der Waals surface area contributed by atoms with Crippen LogP contribution < -0.4 is 15.4 Å². The van der Waals surface area contributed by atoms with E-state index >= 15 is 0 Å². The summed E-state index contributed by atoms with van der Waals surface area (Å²) in [4.78, 5) is 29.7. The summed E-state index contributed by atoms with van der Waals surface area (Å²) in [6, 6.07) is 7.91. The summed E-state index contributed by atoms with van der Waals surface area (Å²) in [6.45, 7) is 1.26. The number of nitrogens with zero attached hydrogens (tertiary/aromatic N) is 1. The Morgan fingerprint density at radius 2 is 1.79 bits per heavy atom. The molecule has 210 valence electrons. The minimum Gasteiger partial charge on any atom is -0.494 e. The molecule has 1 aliphatic carbocycles. The van der Waals surface area contributed by atoms with E-state index in [2.05, 4.69) is 15.6 Å². The lowest BCUT2D eigenvalue weighted by molar-refractivity contribution is -0.201. The van der Waals surface area contributed by atoms with E-state index in [1.54, 1.807) is 13.0 Å². The Bertz CT molecular complexity index is 1240. The van der Waals surface area contributed by atoms with Crippen molar-refractivity contribution >= 4 is 17.4 Å². The van der Waals surface area contributed by atoms with E-state index in [-0.39, 0.29) is 59.6 Å². The summed E-state index contributed by atoms with van der Waals surface area (Å²) < 4.78 is 86.5. The van der Waals surface area contributed by atoms with Crippen molar-refractivity contribution in [2.24, 2.45) is 5.92 Å². The number of pyridine rings is 1. The van der Waals surface area contributed by atoms with E-state index < -0.39 is 36.6 Å². The minimum atomic E-state index is -4.93. The lowest BCUT2D eigenvalue weighted by Crippen LogP contribution is -2.59. The molecule has 1 saturated carbocycles. The Hall–Kier alpha value is -3.57. The smallest absolute Gasteiger partial charge is 0.416 e. The molecule has 12 heteroatoms. The molecule has 1 fully saturated rings. The van der Waals surface area contributed by atoms with Gasteiger partial charge in [0.15, 0.2) is 5.54 Å². The van der Waals surface area contributed by atoms with Gasteiger partial charge in [-0.05, 0) is 61.1 Å². The van der Waals surface area contributed by atoms with Crippen molar-refractivity contribution in [1.82, 2.24) is 15.6 Å². The van der Waals surface area contributed by atoms with Gasteiger partial charge in [0.2, 0.25) is 11.8 Å². The summed E-state index contributed by atoms with van der Waals surface area (Å²) in [7, 11) is 0. The number of rotatable bonds is 9. The van der Waals surface area contributed by atoms with E-state index in [1.807, 2.05) is 0 Å². The maximum atomic E-state index is 14.8. The van der Waals surface area contributed by atoms with Crippen LogP contribution in [0.4, 0.5) is 26.3 Å². The Balaban J connectivity index is 1.64. The first kappa shape index (κ1) is 28.4. The monoisotopic (exact) mass is 555 g/mol. The first-order chi connectivity index (χ1) is 18.3. The number of aryl methyl sites for hydroxylation is 1. The predicted molar refractivity (Wildman–Crippen MR) is 129 cm³/mol. The molecule has 1 atom stereocenters. The van der Waals surface area contributed by atoms with Gasteiger partial charge in [0.1, 0.15) is 5.75 Å². The van der Waals surface area contributed by atoms with Gasteiger partial charge in [0.05, 0.1) is 12.3 Å². The lowest BCUT2D eigenvalue weighted by atomic mass is 9.77. The largest absolute Gasteiger partial charge is 0.494 e. The third kappa shape index (κ3) is 6.72. The van der Waals surface area contributed by atoms with E-state index in [1.165, 1.54) is 24.4 Å². The number of amides is 2. The van der Waals surface area contributed by atoms with Crippen molar-refractivity contribution in [2.75, 3.05) is 13.2 Å². The number of halogens is 6. The van der Waals surface area contributed by atoms with Crippen molar-refractivity contribution < 1.29 is 40.7 Å². The molecule has 2 N–H and O–H groups in total. The molecular weight excluding hydrogens is 528 g/mol. The van der Waals surface area contributed by atoms with Crippen LogP contribution in [0.5, 0.6) is 5.75 Å². The van der Waals surface area contributed by atoms with Crippen molar-refractivity contribution in [3.8, 4) is 5.75 Å². The van der Waals surface area contributed by atoms with E-state index in [4.69, 9.17) is 4.74 Å². The molecule has 2 heterocycles. The van der Waals surface area contributed by atoms with Crippen LogP contribution >= 0.6 is 0 Å². The summed E-state index contributed by atoms with van der Waals surface area (Å²) in [5.74, 6) is -1.30. The van der Waals surface area contributed by atoms with Crippen LogP contribution in [0, 0.1) is 12.8 Å². The van der Waals surface area contributed by atoms with Gasteiger partial charge in [-0.25, -0.2) is 0 Å². The molecule has 4 rings (SSSR count). The number of nitrogens with one attached hydrogen (secondary N) is 2. The molecule has 0 radical (unpaired) electrons. The highest BCUT2D eigenvalue weighted by Crippen LogP contribution is 2.48. The van der Waals surface area contributed by atoms with E-state index in [0.29, 0.717) is 0 Å². The fraction of sp³-hybridized carbons (Fsp3) is 0.444. The summed E-state index contributed by atoms with van der Waals surface area (Å²) in [5.41, 5.74) is -2.09. The minimum absolute atomic E-state index is 0.00940. The first-order valence-corrected chi connectivity index (χ1v) is 12.4. The Kier molecular flexibility index (Phi) is 7.94. The highest BCUT2D eigenvalue weighted by Gasteiger charge is 2.59. The molecule has 1 aliphatic heterocycles. The number of hydrogen-bond acceptors (Lipinski definition) is 4. The maximum Gasteiger partial charge on any atom is 0.416 e. The number of carbonyl (C=O) groups excluding carboxylic acids is 2. The molecule has 0 bridgehead atoms. The van der Waals surface area contributed by atoms with Gasteiger partial charge in [0, 0.05) is 37.1 Å². The van der Waals surface area contributed by atoms with Crippen LogP contribution in [0.2, 0.25) is 0 Å². The van der Waals surface area contributed by atoms with Crippen molar-refractivity contribution in [3.63, 3.8) is 0 Å². The molecular formula is C27H27F6N3O3. The molecule has 1 aromatic carbocycles. The maximum absolute atomic E-state index is 14.8. The number of aromatic nitrogens is 1. The van der Waals surface area contributed by atoms with Gasteiger partial charge in [-0.2, -0.15) is 26.3 Å². The van der Waals surface area contributed by atoms with Crippen LogP contribution in [0.15, 0.2) is 48.2 Å². The third-order valence-electron chi connectivity index (χ3n) is 6.72. The summed E-state index contributed by atoms with van der Waals surface area (Å²) >= 11 is 0. The van der Waals surface area contributed by atoms with Gasteiger partial charge < -0.3 is 15.4 Å². The van der Waals surface area contributed by atoms with Gasteiger partial charge in [-0.1, -0.05) is 18.2 Å². The molecule has 39 heavy (non-hydrogen) atoms. The quantitative estimate of drug-likeness (QED) is 0.322. The Morgan fingerprint density at radius 1 is 1.10 bits per heavy atom. The standard InChI is InChI=1S/C27H27F6N3O3/c1-16-3-10-22(34-14-16)20-13-25(27(31,32)33,36-24(38)21(20)15-35-23(37)17-4-5-17)18-6-8-19(9-7-18)39-12-2-11-26(28,29)30/h3,6-10,14,17H,2,4-5,11-13,15H2,1H3,(H,35,37)(H,36,38)/t25-/m0/s1. The summed E-state index contributed by atoms with van der Waals surface area (Å²) in [5, 5.41) is 4.79. The number of alkyl halides is 6. The van der Waals surface area contributed by atoms with Crippen LogP contribution in [0.1, 0.15) is 48.9 Å². The average molecular weight is 556 g/mol. The second-order valence-electron chi connectivity index (χ2n) is 9.80. The fourth-order valence-electron chi connectivity index (χ4n) is 4.37. The van der Waals surface area contributed by atoms with Gasteiger partial charge >= 0.3 is 12.4 Å². The number of benzene rings is 1. The second kappa shape index (κ2) is 10.9. The number of carbonyl (C=O) groups is 2. The molecule has 0 unspecified atom stereocenters. The average Bonchev–Trinajstić information content (AvgIpc) is 3.71.